The third-order valence-electron chi connectivity index (χ3n) is 4.48. The Kier molecular flexibility index (Phi) is 4.55. The fraction of sp³-hybridized carbons (Fsp3) is 0.0476. The molecular weight excluding hydrogens is 370 g/mol. The molecule has 0 aliphatic heterocycles. The molecule has 2 heterocycles. The normalized spacial score (nSPS) is 10.5. The maximum Gasteiger partial charge on any atom is 0.427 e. The molecule has 4 rings (SSSR count). The third kappa shape index (κ3) is 3.44. The molecule has 3 N–H and O–H groups in total. The minimum Gasteiger partial charge on any atom is -0.497 e. The van der Waals surface area contributed by atoms with E-state index in [0.29, 0.717) is 16.8 Å². The van der Waals surface area contributed by atoms with Crippen LogP contribution in [-0.2, 0) is 0 Å². The van der Waals surface area contributed by atoms with Crippen LogP contribution in [-0.4, -0.2) is 17.4 Å². The number of methoxy groups -OCH3 is 1. The summed E-state index contributed by atoms with van der Waals surface area (Å²) < 4.78 is 11.3. The number of ether oxygens (including phenoxy) is 1. The van der Waals surface area contributed by atoms with Crippen molar-refractivity contribution in [2.75, 3.05) is 12.8 Å². The number of nitrogens with two attached hydrogens (primary N) is 1. The molecule has 0 atom stereocenters. The Bertz CT molecular complexity index is 1270. The van der Waals surface area contributed by atoms with Crippen LogP contribution in [0.2, 0.25) is 0 Å². The van der Waals surface area contributed by atoms with Gasteiger partial charge in [0, 0.05) is 23.3 Å². The van der Waals surface area contributed by atoms with Crippen molar-refractivity contribution in [2.45, 2.75) is 0 Å². The molecule has 8 heteroatoms. The molecule has 0 saturated carbocycles. The maximum absolute atomic E-state index is 11.2. The summed E-state index contributed by atoms with van der Waals surface area (Å²) in [4.78, 5) is 15.6. The molecule has 0 spiro atoms. The first-order chi connectivity index (χ1) is 14.1. The van der Waals surface area contributed by atoms with Crippen LogP contribution in [0.4, 0.5) is 5.82 Å². The molecule has 0 fully saturated rings. The average molecular weight is 386 g/mol. The van der Waals surface area contributed by atoms with Gasteiger partial charge in [-0.25, -0.2) is 9.78 Å². The highest BCUT2D eigenvalue weighted by atomic mass is 16.5. The predicted molar refractivity (Wildman–Crippen MR) is 105 cm³/mol. The Labute approximate surface area is 165 Å². The van der Waals surface area contributed by atoms with E-state index in [1.807, 2.05) is 54.6 Å². The highest BCUT2D eigenvalue weighted by Crippen LogP contribution is 2.32. The number of nitriles is 1. The number of nitrogens with zero attached hydrogens (tertiary/aromatic N) is 3. The Morgan fingerprint density at radius 1 is 1.14 bits per heavy atom. The van der Waals surface area contributed by atoms with E-state index in [0.717, 1.165) is 22.6 Å². The first-order valence-corrected chi connectivity index (χ1v) is 8.65. The lowest BCUT2D eigenvalue weighted by atomic mass is 9.98. The van der Waals surface area contributed by atoms with Gasteiger partial charge in [-0.3, -0.25) is 4.52 Å². The first kappa shape index (κ1) is 18.0. The molecule has 0 aliphatic rings. The summed E-state index contributed by atoms with van der Waals surface area (Å²) in [6, 6.07) is 18.7. The first-order valence-electron chi connectivity index (χ1n) is 8.65. The summed E-state index contributed by atoms with van der Waals surface area (Å²) >= 11 is 0. The van der Waals surface area contributed by atoms with Gasteiger partial charge in [0.25, 0.3) is 6.20 Å². The highest BCUT2D eigenvalue weighted by Gasteiger charge is 2.15. The highest BCUT2D eigenvalue weighted by molar-refractivity contribution is 5.80. The SMILES string of the molecule is COc1ccc(-c2cc(-c3ccc(-[n+]4cc(=O)o[nH]4)cc3)nc(N)c2C#N)cc1. The molecule has 2 aromatic carbocycles. The van der Waals surface area contributed by atoms with E-state index >= 15 is 0 Å². The molecular formula is C21H16N5O3+. The largest absolute Gasteiger partial charge is 0.497 e. The van der Waals surface area contributed by atoms with E-state index in [1.54, 1.807) is 7.11 Å². The molecule has 0 amide bonds. The summed E-state index contributed by atoms with van der Waals surface area (Å²) in [5.74, 6) is 0.883. The van der Waals surface area contributed by atoms with Crippen molar-refractivity contribution in [3.05, 3.63) is 76.8 Å². The second-order valence-electron chi connectivity index (χ2n) is 6.21. The topological polar surface area (TPSA) is 122 Å². The number of H-pyrrole nitrogens is 1. The van der Waals surface area contributed by atoms with Gasteiger partial charge in [0.1, 0.15) is 23.2 Å². The molecule has 0 unspecified atom stereocenters. The summed E-state index contributed by atoms with van der Waals surface area (Å²) in [6.45, 7) is 0. The number of aromatic nitrogens is 3. The van der Waals surface area contributed by atoms with E-state index in [-0.39, 0.29) is 5.82 Å². The van der Waals surface area contributed by atoms with E-state index in [2.05, 4.69) is 20.8 Å². The number of rotatable bonds is 4. The monoisotopic (exact) mass is 386 g/mol. The number of hydrogen-bond acceptors (Lipinski definition) is 6. The Morgan fingerprint density at radius 2 is 1.83 bits per heavy atom. The van der Waals surface area contributed by atoms with Crippen molar-refractivity contribution >= 4 is 5.82 Å². The summed E-state index contributed by atoms with van der Waals surface area (Å²) in [5, 5.41) is 12.0. The quantitative estimate of drug-likeness (QED) is 0.520. The van der Waals surface area contributed by atoms with E-state index in [1.165, 1.54) is 10.9 Å². The van der Waals surface area contributed by atoms with Gasteiger partial charge in [-0.15, -0.1) is 0 Å². The predicted octanol–water partition coefficient (Wildman–Crippen LogP) is 2.44. The minimum atomic E-state index is -0.472. The molecule has 29 heavy (non-hydrogen) atoms. The standard InChI is InChI=1S/C21H15N5O3/c1-28-16-8-4-13(5-9-16)17-10-19(24-21(23)18(17)11-22)14-2-6-15(7-3-14)26-12-20(27)29-25-26/h2-10,12H,1H3,(H2-,23,24,25,27)/p+1. The number of hydrogen-bond donors (Lipinski definition) is 2. The fourth-order valence-corrected chi connectivity index (χ4v) is 3.00. The average Bonchev–Trinajstić information content (AvgIpc) is 3.19. The van der Waals surface area contributed by atoms with E-state index in [9.17, 15) is 10.1 Å². The Balaban J connectivity index is 1.77. The Hall–Kier alpha value is -4.38. The number of benzene rings is 2. The molecule has 0 saturated heterocycles. The van der Waals surface area contributed by atoms with Crippen molar-refractivity contribution in [1.82, 2.24) is 10.3 Å². The van der Waals surface area contributed by atoms with Crippen molar-refractivity contribution < 1.29 is 13.9 Å². The summed E-state index contributed by atoms with van der Waals surface area (Å²) in [7, 11) is 1.60. The molecule has 8 nitrogen and oxygen atoms in total. The third-order valence-corrected chi connectivity index (χ3v) is 4.48. The van der Waals surface area contributed by atoms with Gasteiger partial charge in [0.05, 0.1) is 12.8 Å². The van der Waals surface area contributed by atoms with Crippen molar-refractivity contribution in [3.8, 4) is 39.9 Å². The smallest absolute Gasteiger partial charge is 0.427 e. The molecule has 142 valence electrons. The van der Waals surface area contributed by atoms with Gasteiger partial charge in [-0.05, 0) is 45.8 Å². The fourth-order valence-electron chi connectivity index (χ4n) is 3.00. The second-order valence-corrected chi connectivity index (χ2v) is 6.21. The van der Waals surface area contributed by atoms with Crippen LogP contribution in [0.1, 0.15) is 5.56 Å². The molecule has 2 aromatic heterocycles. The number of aromatic amines is 1. The van der Waals surface area contributed by atoms with Gasteiger partial charge >= 0.3 is 5.63 Å². The van der Waals surface area contributed by atoms with Crippen molar-refractivity contribution in [3.63, 3.8) is 0 Å². The van der Waals surface area contributed by atoms with Gasteiger partial charge in [-0.1, -0.05) is 12.1 Å². The van der Waals surface area contributed by atoms with Crippen LogP contribution in [0.5, 0.6) is 5.75 Å². The molecule has 0 aliphatic carbocycles. The molecule has 0 bridgehead atoms. The van der Waals surface area contributed by atoms with Gasteiger partial charge in [-0.2, -0.15) is 5.26 Å². The van der Waals surface area contributed by atoms with Crippen molar-refractivity contribution in [2.24, 2.45) is 0 Å². The zero-order valence-corrected chi connectivity index (χ0v) is 15.4. The lowest BCUT2D eigenvalue weighted by Gasteiger charge is -2.11. The van der Waals surface area contributed by atoms with Crippen molar-refractivity contribution in [1.29, 1.82) is 5.26 Å². The number of nitrogen functional groups attached to an aromatic ring is 1. The van der Waals surface area contributed by atoms with Gasteiger partial charge < -0.3 is 10.5 Å². The molecule has 4 aromatic rings. The Morgan fingerprint density at radius 3 is 2.41 bits per heavy atom. The number of nitrogens with one attached hydrogen (secondary N) is 1. The zero-order valence-electron chi connectivity index (χ0n) is 15.4. The number of pyridine rings is 1. The van der Waals surface area contributed by atoms with E-state index in [4.69, 9.17) is 10.5 Å². The van der Waals surface area contributed by atoms with Crippen LogP contribution in [0.25, 0.3) is 28.1 Å². The minimum absolute atomic E-state index is 0.161. The second kappa shape index (κ2) is 7.32. The number of anilines is 1. The van der Waals surface area contributed by atoms with Crippen LogP contribution >= 0.6 is 0 Å². The van der Waals surface area contributed by atoms with Crippen LogP contribution in [0.15, 0.2) is 70.1 Å². The van der Waals surface area contributed by atoms with Crippen LogP contribution in [0, 0.1) is 11.3 Å². The summed E-state index contributed by atoms with van der Waals surface area (Å²) in [6.07, 6.45) is 1.30. The van der Waals surface area contributed by atoms with Crippen LogP contribution < -0.4 is 20.8 Å². The lowest BCUT2D eigenvalue weighted by Crippen LogP contribution is -2.31. The molecule has 0 radical (unpaired) electrons. The maximum atomic E-state index is 11.2. The lowest BCUT2D eigenvalue weighted by molar-refractivity contribution is -0.670. The van der Waals surface area contributed by atoms with Gasteiger partial charge in [0.15, 0.2) is 0 Å². The van der Waals surface area contributed by atoms with Gasteiger partial charge in [0.2, 0.25) is 5.69 Å². The van der Waals surface area contributed by atoms with Crippen LogP contribution in [0.3, 0.4) is 0 Å². The summed E-state index contributed by atoms with van der Waals surface area (Å²) in [5.41, 5.74) is 9.61. The van der Waals surface area contributed by atoms with E-state index < -0.39 is 5.63 Å². The zero-order chi connectivity index (χ0) is 20.4.